The van der Waals surface area contributed by atoms with Crippen molar-refractivity contribution in [3.05, 3.63) is 57.2 Å². The Kier molecular flexibility index (Phi) is 4.42. The Morgan fingerprint density at radius 3 is 2.88 bits per heavy atom. The number of thiophene rings is 1. The highest BCUT2D eigenvalue weighted by Gasteiger charge is 2.24. The van der Waals surface area contributed by atoms with Crippen molar-refractivity contribution >= 4 is 39.4 Å². The zero-order valence-corrected chi connectivity index (χ0v) is 15.3. The zero-order chi connectivity index (χ0) is 17.2. The predicted octanol–water partition coefficient (Wildman–Crippen LogP) is 4.16. The summed E-state index contributed by atoms with van der Waals surface area (Å²) in [6, 6.07) is 9.76. The molecule has 3 aromatic rings. The standard InChI is InChI=1S/C18H17N3O2S2/c1-23-14-4-2-13(3-5-14)19-18-20-15(11-25-18)17(22)21-8-6-12-7-9-24-16(12)10-21/h2-5,7,9,11H,6,8,10H2,1H3,(H,19,20). The van der Waals surface area contributed by atoms with Gasteiger partial charge < -0.3 is 15.0 Å². The molecule has 4 rings (SSSR count). The van der Waals surface area contributed by atoms with Crippen LogP contribution in [-0.4, -0.2) is 29.4 Å². The number of ether oxygens (including phenoxy) is 1. The minimum absolute atomic E-state index is 0.00178. The molecule has 0 saturated heterocycles. The van der Waals surface area contributed by atoms with Gasteiger partial charge in [-0.15, -0.1) is 22.7 Å². The summed E-state index contributed by atoms with van der Waals surface area (Å²) in [6.45, 7) is 1.44. The Morgan fingerprint density at radius 1 is 1.24 bits per heavy atom. The summed E-state index contributed by atoms with van der Waals surface area (Å²) in [4.78, 5) is 20.3. The fraction of sp³-hybridized carbons (Fsp3) is 0.222. The van der Waals surface area contributed by atoms with Crippen molar-refractivity contribution < 1.29 is 9.53 Å². The van der Waals surface area contributed by atoms with E-state index in [1.165, 1.54) is 21.8 Å². The maximum absolute atomic E-state index is 12.7. The van der Waals surface area contributed by atoms with Gasteiger partial charge in [0.15, 0.2) is 5.13 Å². The lowest BCUT2D eigenvalue weighted by Crippen LogP contribution is -2.35. The molecule has 0 bridgehead atoms. The number of hydrogen-bond acceptors (Lipinski definition) is 6. The van der Waals surface area contributed by atoms with Gasteiger partial charge in [0.1, 0.15) is 11.4 Å². The first-order chi connectivity index (χ1) is 12.2. The van der Waals surface area contributed by atoms with Gasteiger partial charge in [-0.05, 0) is 47.7 Å². The second-order valence-corrected chi connectivity index (χ2v) is 7.60. The van der Waals surface area contributed by atoms with Crippen molar-refractivity contribution in [3.63, 3.8) is 0 Å². The van der Waals surface area contributed by atoms with Crippen LogP contribution in [0, 0.1) is 0 Å². The van der Waals surface area contributed by atoms with Gasteiger partial charge >= 0.3 is 0 Å². The maximum atomic E-state index is 12.7. The van der Waals surface area contributed by atoms with Crippen molar-refractivity contribution in [1.29, 1.82) is 0 Å². The molecule has 5 nitrogen and oxygen atoms in total. The second kappa shape index (κ2) is 6.85. The first-order valence-electron chi connectivity index (χ1n) is 7.94. The van der Waals surface area contributed by atoms with Crippen LogP contribution < -0.4 is 10.1 Å². The normalized spacial score (nSPS) is 13.4. The van der Waals surface area contributed by atoms with Gasteiger partial charge in [0.05, 0.1) is 13.7 Å². The first kappa shape index (κ1) is 16.1. The third-order valence-electron chi connectivity index (χ3n) is 4.18. The van der Waals surface area contributed by atoms with Gasteiger partial charge in [-0.25, -0.2) is 4.98 Å². The van der Waals surface area contributed by atoms with Crippen LogP contribution in [0.4, 0.5) is 10.8 Å². The van der Waals surface area contributed by atoms with E-state index in [4.69, 9.17) is 4.74 Å². The molecule has 7 heteroatoms. The number of carbonyl (C=O) groups is 1. The Morgan fingerprint density at radius 2 is 2.08 bits per heavy atom. The van der Waals surface area contributed by atoms with Gasteiger partial charge in [-0.2, -0.15) is 0 Å². The molecule has 1 N–H and O–H groups in total. The zero-order valence-electron chi connectivity index (χ0n) is 13.7. The highest BCUT2D eigenvalue weighted by Crippen LogP contribution is 2.27. The summed E-state index contributed by atoms with van der Waals surface area (Å²) in [5, 5.41) is 7.85. The monoisotopic (exact) mass is 371 g/mol. The third-order valence-corrected chi connectivity index (χ3v) is 5.88. The number of hydrogen-bond donors (Lipinski definition) is 1. The fourth-order valence-corrected chi connectivity index (χ4v) is 4.45. The number of methoxy groups -OCH3 is 1. The van der Waals surface area contributed by atoms with E-state index < -0.39 is 0 Å². The molecule has 0 saturated carbocycles. The molecule has 128 valence electrons. The minimum atomic E-state index is -0.00178. The fourth-order valence-electron chi connectivity index (χ4n) is 2.80. The van der Waals surface area contributed by atoms with Crippen LogP contribution in [0.1, 0.15) is 20.9 Å². The average Bonchev–Trinajstić information content (AvgIpc) is 3.30. The summed E-state index contributed by atoms with van der Waals surface area (Å²) in [5.74, 6) is 0.802. The summed E-state index contributed by atoms with van der Waals surface area (Å²) in [6.07, 6.45) is 0.922. The Hall–Kier alpha value is -2.38. The molecule has 0 unspecified atom stereocenters. The number of nitrogens with zero attached hydrogens (tertiary/aromatic N) is 2. The molecule has 25 heavy (non-hydrogen) atoms. The van der Waals surface area contributed by atoms with Crippen LogP contribution in [0.15, 0.2) is 41.1 Å². The second-order valence-electron chi connectivity index (χ2n) is 5.74. The SMILES string of the molecule is COc1ccc(Nc2nc(C(=O)N3CCc4ccsc4C3)cs2)cc1. The smallest absolute Gasteiger partial charge is 0.273 e. The Labute approximate surface area is 153 Å². The largest absolute Gasteiger partial charge is 0.497 e. The van der Waals surface area contributed by atoms with E-state index in [0.717, 1.165) is 24.4 Å². The van der Waals surface area contributed by atoms with Crippen molar-refractivity contribution in [2.45, 2.75) is 13.0 Å². The molecule has 1 aliphatic heterocycles. The number of nitrogens with one attached hydrogen (secondary N) is 1. The molecule has 3 heterocycles. The van der Waals surface area contributed by atoms with E-state index >= 15 is 0 Å². The predicted molar refractivity (Wildman–Crippen MR) is 101 cm³/mol. The van der Waals surface area contributed by atoms with E-state index in [0.29, 0.717) is 17.4 Å². The third kappa shape index (κ3) is 3.38. The van der Waals surface area contributed by atoms with Crippen LogP contribution in [0.3, 0.4) is 0 Å². The molecule has 2 aromatic heterocycles. The number of aromatic nitrogens is 1. The number of rotatable bonds is 4. The number of anilines is 2. The van der Waals surface area contributed by atoms with E-state index in [1.54, 1.807) is 18.4 Å². The van der Waals surface area contributed by atoms with Gasteiger partial charge in [-0.1, -0.05) is 0 Å². The Bertz CT molecular complexity index is 886. The van der Waals surface area contributed by atoms with E-state index in [9.17, 15) is 4.79 Å². The number of amides is 1. The van der Waals surface area contributed by atoms with Crippen molar-refractivity contribution in [3.8, 4) is 5.75 Å². The summed E-state index contributed by atoms with van der Waals surface area (Å²) in [7, 11) is 1.64. The molecule has 0 radical (unpaired) electrons. The highest BCUT2D eigenvalue weighted by atomic mass is 32.1. The molecule has 1 amide bonds. The van der Waals surface area contributed by atoms with Gasteiger partial charge in [0.25, 0.3) is 5.91 Å². The molecule has 1 aliphatic rings. The van der Waals surface area contributed by atoms with Crippen LogP contribution in [0.5, 0.6) is 5.75 Å². The van der Waals surface area contributed by atoms with Crippen molar-refractivity contribution in [2.75, 3.05) is 19.0 Å². The molecule has 0 fully saturated rings. The van der Waals surface area contributed by atoms with Crippen molar-refractivity contribution in [1.82, 2.24) is 9.88 Å². The lowest BCUT2D eigenvalue weighted by molar-refractivity contribution is 0.0732. The number of fused-ring (bicyclic) bond motifs is 1. The molecule has 0 aliphatic carbocycles. The lowest BCUT2D eigenvalue weighted by atomic mass is 10.1. The molecule has 1 aromatic carbocycles. The lowest BCUT2D eigenvalue weighted by Gasteiger charge is -2.26. The highest BCUT2D eigenvalue weighted by molar-refractivity contribution is 7.14. The van der Waals surface area contributed by atoms with Gasteiger partial charge in [-0.3, -0.25) is 4.79 Å². The van der Waals surface area contributed by atoms with E-state index in [-0.39, 0.29) is 5.91 Å². The van der Waals surface area contributed by atoms with Crippen molar-refractivity contribution in [2.24, 2.45) is 0 Å². The Balaban J connectivity index is 1.44. The summed E-state index contributed by atoms with van der Waals surface area (Å²) < 4.78 is 5.15. The van der Waals surface area contributed by atoms with Crippen LogP contribution in [0.2, 0.25) is 0 Å². The van der Waals surface area contributed by atoms with Crippen LogP contribution >= 0.6 is 22.7 Å². The van der Waals surface area contributed by atoms with E-state index in [2.05, 4.69) is 21.7 Å². The molecular weight excluding hydrogens is 354 g/mol. The molecule has 0 spiro atoms. The van der Waals surface area contributed by atoms with Gasteiger partial charge in [0.2, 0.25) is 0 Å². The first-order valence-corrected chi connectivity index (χ1v) is 9.70. The summed E-state index contributed by atoms with van der Waals surface area (Å²) in [5.41, 5.74) is 2.78. The molecule has 0 atom stereocenters. The minimum Gasteiger partial charge on any atom is -0.497 e. The van der Waals surface area contributed by atoms with Gasteiger partial charge in [0, 0.05) is 22.5 Å². The maximum Gasteiger partial charge on any atom is 0.273 e. The topological polar surface area (TPSA) is 54.5 Å². The molecular formula is C18H17N3O2S2. The number of carbonyl (C=O) groups excluding carboxylic acids is 1. The van der Waals surface area contributed by atoms with Crippen LogP contribution in [0.25, 0.3) is 0 Å². The average molecular weight is 371 g/mol. The number of thiazole rings is 1. The van der Waals surface area contributed by atoms with E-state index in [1.807, 2.05) is 34.5 Å². The quantitative estimate of drug-likeness (QED) is 0.748. The van der Waals surface area contributed by atoms with Crippen LogP contribution in [-0.2, 0) is 13.0 Å². The summed E-state index contributed by atoms with van der Waals surface area (Å²) >= 11 is 3.15. The number of benzene rings is 1.